The summed E-state index contributed by atoms with van der Waals surface area (Å²) in [4.78, 5) is 42.9. The molecule has 38 heavy (non-hydrogen) atoms. The number of hydrogen-bond acceptors (Lipinski definition) is 11. The first-order valence-electron chi connectivity index (χ1n) is 10.7. The molecule has 13 heteroatoms. The Morgan fingerprint density at radius 2 is 1.13 bits per heavy atom. The number of hydrogen-bond donors (Lipinski definition) is 2. The number of benzene rings is 2. The topological polar surface area (TPSA) is 188 Å². The van der Waals surface area contributed by atoms with Gasteiger partial charge in [0.2, 0.25) is 11.5 Å². The molecule has 0 saturated heterocycles. The molecule has 2 N–H and O–H groups in total. The lowest BCUT2D eigenvalue weighted by molar-refractivity contribution is -0.386. The molecule has 13 nitrogen and oxygen atoms in total. The smallest absolute Gasteiger partial charge is 0.315 e. The third kappa shape index (κ3) is 4.75. The van der Waals surface area contributed by atoms with Crippen molar-refractivity contribution in [3.8, 4) is 45.5 Å². The van der Waals surface area contributed by atoms with E-state index in [1.807, 2.05) is 0 Å². The van der Waals surface area contributed by atoms with Gasteiger partial charge in [0.15, 0.2) is 17.3 Å². The molecule has 0 aliphatic heterocycles. The summed E-state index contributed by atoms with van der Waals surface area (Å²) in [5.74, 6) is -1.99. The minimum absolute atomic E-state index is 0.134. The molecule has 0 saturated carbocycles. The van der Waals surface area contributed by atoms with Crippen LogP contribution in [-0.2, 0) is 0 Å². The van der Waals surface area contributed by atoms with Gasteiger partial charge in [0, 0.05) is 46.8 Å². The molecular formula is C25H18N4O9. The molecule has 0 atom stereocenters. The van der Waals surface area contributed by atoms with E-state index in [0.717, 1.165) is 12.1 Å². The van der Waals surface area contributed by atoms with E-state index in [-0.39, 0.29) is 45.1 Å². The van der Waals surface area contributed by atoms with E-state index in [9.17, 15) is 35.2 Å². The highest BCUT2D eigenvalue weighted by atomic mass is 16.6. The van der Waals surface area contributed by atoms with Gasteiger partial charge in [0.25, 0.3) is 0 Å². The maximum atomic E-state index is 13.3. The normalized spacial score (nSPS) is 10.6. The summed E-state index contributed by atoms with van der Waals surface area (Å²) in [5.41, 5.74) is 0.105. The highest BCUT2D eigenvalue weighted by Gasteiger charge is 2.23. The Morgan fingerprint density at radius 1 is 0.737 bits per heavy atom. The van der Waals surface area contributed by atoms with E-state index < -0.39 is 38.5 Å². The van der Waals surface area contributed by atoms with E-state index in [2.05, 4.69) is 9.97 Å². The molecule has 0 spiro atoms. The Kier molecular flexibility index (Phi) is 6.83. The highest BCUT2D eigenvalue weighted by Crippen LogP contribution is 2.41. The number of phenols is 2. The van der Waals surface area contributed by atoms with Gasteiger partial charge in [-0.1, -0.05) is 0 Å². The van der Waals surface area contributed by atoms with E-state index in [4.69, 9.17) is 9.47 Å². The number of phenolic OH excluding ortho intramolecular Hbond substituents is 2. The maximum absolute atomic E-state index is 13.3. The monoisotopic (exact) mass is 518 g/mol. The van der Waals surface area contributed by atoms with E-state index in [1.165, 1.54) is 63.0 Å². The molecule has 0 bridgehead atoms. The summed E-state index contributed by atoms with van der Waals surface area (Å²) in [6.45, 7) is 0. The number of rotatable bonds is 8. The SMILES string of the molecule is COc1cc(-c2cc(C(=O)c3ccnc(-c4cc(OC)c(O)c([N+](=O)[O-])c4)c3)ccn2)cc([N+](=O)[O-])c1O. The van der Waals surface area contributed by atoms with Crippen LogP contribution in [0.1, 0.15) is 15.9 Å². The fraction of sp³-hybridized carbons (Fsp3) is 0.0800. The molecule has 0 unspecified atom stereocenters. The van der Waals surface area contributed by atoms with Gasteiger partial charge in [0.1, 0.15) is 0 Å². The van der Waals surface area contributed by atoms with Crippen molar-refractivity contribution in [2.45, 2.75) is 0 Å². The third-order valence-electron chi connectivity index (χ3n) is 5.58. The van der Waals surface area contributed by atoms with Gasteiger partial charge in [-0.15, -0.1) is 0 Å². The largest absolute Gasteiger partial charge is 0.500 e. The summed E-state index contributed by atoms with van der Waals surface area (Å²) < 4.78 is 10.0. The van der Waals surface area contributed by atoms with Crippen LogP contribution in [0, 0.1) is 20.2 Å². The second-order valence-electron chi connectivity index (χ2n) is 7.80. The first-order valence-corrected chi connectivity index (χ1v) is 10.7. The number of pyridine rings is 2. The fourth-order valence-electron chi connectivity index (χ4n) is 3.70. The molecule has 0 amide bonds. The molecular weight excluding hydrogens is 500 g/mol. The third-order valence-corrected chi connectivity index (χ3v) is 5.58. The minimum atomic E-state index is -0.766. The van der Waals surface area contributed by atoms with Crippen molar-refractivity contribution in [2.75, 3.05) is 14.2 Å². The zero-order valence-corrected chi connectivity index (χ0v) is 19.8. The van der Waals surface area contributed by atoms with Gasteiger partial charge < -0.3 is 19.7 Å². The maximum Gasteiger partial charge on any atom is 0.315 e. The van der Waals surface area contributed by atoms with Crippen molar-refractivity contribution in [1.82, 2.24) is 9.97 Å². The Morgan fingerprint density at radius 3 is 1.47 bits per heavy atom. The number of carbonyl (C=O) groups is 1. The van der Waals surface area contributed by atoms with Crippen LogP contribution in [0.2, 0.25) is 0 Å². The average Bonchev–Trinajstić information content (AvgIpc) is 2.92. The predicted molar refractivity (Wildman–Crippen MR) is 133 cm³/mol. The second kappa shape index (κ2) is 10.2. The first-order chi connectivity index (χ1) is 18.1. The summed E-state index contributed by atoms with van der Waals surface area (Å²) >= 11 is 0. The van der Waals surface area contributed by atoms with Crippen LogP contribution >= 0.6 is 0 Å². The molecule has 0 radical (unpaired) electrons. The van der Waals surface area contributed by atoms with Crippen LogP contribution in [0.5, 0.6) is 23.0 Å². The molecule has 0 aliphatic carbocycles. The van der Waals surface area contributed by atoms with Crippen LogP contribution in [0.15, 0.2) is 60.9 Å². The molecule has 4 aromatic rings. The molecule has 2 aromatic carbocycles. The molecule has 192 valence electrons. The summed E-state index contributed by atoms with van der Waals surface area (Å²) in [5, 5.41) is 42.8. The number of ketones is 1. The molecule has 0 aliphatic rings. The van der Waals surface area contributed by atoms with E-state index in [1.54, 1.807) is 0 Å². The van der Waals surface area contributed by atoms with Gasteiger partial charge >= 0.3 is 11.4 Å². The van der Waals surface area contributed by atoms with Gasteiger partial charge in [-0.05, 0) is 36.4 Å². The molecule has 2 heterocycles. The van der Waals surface area contributed by atoms with E-state index >= 15 is 0 Å². The lowest BCUT2D eigenvalue weighted by Gasteiger charge is -2.10. The molecule has 2 aromatic heterocycles. The number of nitrogens with zero attached hydrogens (tertiary/aromatic N) is 4. The van der Waals surface area contributed by atoms with Gasteiger partial charge in [-0.2, -0.15) is 0 Å². The number of nitro groups is 2. The number of aromatic hydroxyl groups is 2. The summed E-state index contributed by atoms with van der Waals surface area (Å²) in [6, 6.07) is 10.7. The number of ether oxygens (including phenoxy) is 2. The van der Waals surface area contributed by atoms with Crippen LogP contribution in [0.3, 0.4) is 0 Å². The van der Waals surface area contributed by atoms with Crippen LogP contribution in [0.25, 0.3) is 22.5 Å². The van der Waals surface area contributed by atoms with Crippen molar-refractivity contribution in [1.29, 1.82) is 0 Å². The zero-order chi connectivity index (χ0) is 27.6. The highest BCUT2D eigenvalue weighted by molar-refractivity contribution is 6.09. The van der Waals surface area contributed by atoms with E-state index in [0.29, 0.717) is 0 Å². The summed E-state index contributed by atoms with van der Waals surface area (Å²) in [6.07, 6.45) is 2.70. The quantitative estimate of drug-likeness (QED) is 0.192. The van der Waals surface area contributed by atoms with Gasteiger partial charge in [-0.25, -0.2) is 0 Å². The van der Waals surface area contributed by atoms with Crippen molar-refractivity contribution in [2.24, 2.45) is 0 Å². The number of nitro benzene ring substituents is 2. The number of carbonyl (C=O) groups excluding carboxylic acids is 1. The van der Waals surface area contributed by atoms with Crippen molar-refractivity contribution in [3.63, 3.8) is 0 Å². The first kappa shape index (κ1) is 25.5. The minimum Gasteiger partial charge on any atom is -0.500 e. The predicted octanol–water partition coefficient (Wildman–Crippen LogP) is 4.29. The average molecular weight is 518 g/mol. The van der Waals surface area contributed by atoms with Crippen molar-refractivity contribution < 1.29 is 34.3 Å². The molecule has 0 fully saturated rings. The lowest BCUT2D eigenvalue weighted by Crippen LogP contribution is -2.03. The fourth-order valence-corrected chi connectivity index (χ4v) is 3.70. The van der Waals surface area contributed by atoms with Gasteiger partial charge in [0.05, 0.1) is 35.5 Å². The Hall–Kier alpha value is -5.59. The Labute approximate surface area is 213 Å². The zero-order valence-electron chi connectivity index (χ0n) is 19.8. The summed E-state index contributed by atoms with van der Waals surface area (Å²) in [7, 11) is 2.49. The molecule has 4 rings (SSSR count). The standard InChI is InChI=1S/C25H18N4O9/c1-37-21-11-15(9-19(24(21)31)28(33)34)17-7-13(3-5-26-17)23(30)14-4-6-27-18(8-14)16-10-20(29(35)36)25(32)22(12-16)38-2/h3-12,31-32H,1-2H3. The number of methoxy groups -OCH3 is 2. The number of aromatic nitrogens is 2. The van der Waals surface area contributed by atoms with Gasteiger partial charge in [-0.3, -0.25) is 35.0 Å². The Balaban J connectivity index is 1.74. The van der Waals surface area contributed by atoms with Crippen LogP contribution in [0.4, 0.5) is 11.4 Å². The van der Waals surface area contributed by atoms with Crippen molar-refractivity contribution >= 4 is 17.2 Å². The second-order valence-corrected chi connectivity index (χ2v) is 7.80. The Bertz CT molecular complexity index is 1490. The van der Waals surface area contributed by atoms with Crippen molar-refractivity contribution in [3.05, 3.63) is 92.3 Å². The van der Waals surface area contributed by atoms with Crippen LogP contribution in [-0.4, -0.2) is 50.0 Å². The van der Waals surface area contributed by atoms with Crippen LogP contribution < -0.4 is 9.47 Å². The lowest BCUT2D eigenvalue weighted by atomic mass is 10.00.